The standard InChI is InChI=1S/C18H32N2O2SSi/c1-14-12-15(16-8-7-11-19-13-16)9-10-17(14)23(21,22)20-24(5,6)18(2,3)4/h9-10,12,16,19-20H,7-8,11,13H2,1-6H3. The van der Waals surface area contributed by atoms with Crippen LogP contribution >= 0.6 is 0 Å². The number of piperidine rings is 1. The van der Waals surface area contributed by atoms with Crippen molar-refractivity contribution >= 4 is 18.3 Å². The number of rotatable bonds is 4. The summed E-state index contributed by atoms with van der Waals surface area (Å²) in [6.07, 6.45) is 2.34. The van der Waals surface area contributed by atoms with Crippen molar-refractivity contribution in [1.29, 1.82) is 0 Å². The van der Waals surface area contributed by atoms with Gasteiger partial charge >= 0.3 is 0 Å². The van der Waals surface area contributed by atoms with E-state index < -0.39 is 18.3 Å². The van der Waals surface area contributed by atoms with Gasteiger partial charge in [0.1, 0.15) is 8.24 Å². The van der Waals surface area contributed by atoms with E-state index in [2.05, 4.69) is 49.6 Å². The zero-order valence-electron chi connectivity index (χ0n) is 15.9. The summed E-state index contributed by atoms with van der Waals surface area (Å²) in [7, 11) is -5.62. The number of nitrogens with one attached hydrogen (secondary N) is 2. The fraction of sp³-hybridized carbons (Fsp3) is 0.667. The Morgan fingerprint density at radius 3 is 2.42 bits per heavy atom. The minimum absolute atomic E-state index is 0.0400. The third-order valence-corrected chi connectivity index (χ3v) is 13.4. The monoisotopic (exact) mass is 368 g/mol. The zero-order chi connectivity index (χ0) is 18.2. The highest BCUT2D eigenvalue weighted by Crippen LogP contribution is 2.35. The van der Waals surface area contributed by atoms with Crippen LogP contribution in [0.4, 0.5) is 0 Å². The number of hydrogen-bond acceptors (Lipinski definition) is 3. The second-order valence-electron chi connectivity index (χ2n) is 8.55. The smallest absolute Gasteiger partial charge is 0.234 e. The highest BCUT2D eigenvalue weighted by Gasteiger charge is 2.39. The Morgan fingerprint density at radius 2 is 1.92 bits per heavy atom. The van der Waals surface area contributed by atoms with Gasteiger partial charge in [-0.05, 0) is 54.5 Å². The van der Waals surface area contributed by atoms with Gasteiger partial charge in [0.05, 0.1) is 4.90 Å². The normalized spacial score (nSPS) is 20.2. The van der Waals surface area contributed by atoms with Crippen molar-refractivity contribution in [1.82, 2.24) is 9.70 Å². The first-order valence-electron chi connectivity index (χ1n) is 8.79. The molecule has 0 bridgehead atoms. The third-order valence-electron chi connectivity index (χ3n) is 5.52. The predicted octanol–water partition coefficient (Wildman–Crippen LogP) is 3.75. The highest BCUT2D eigenvalue weighted by atomic mass is 32.2. The Morgan fingerprint density at radius 1 is 1.25 bits per heavy atom. The lowest BCUT2D eigenvalue weighted by Crippen LogP contribution is -2.54. The number of hydrogen-bond donors (Lipinski definition) is 2. The molecular formula is C18H32N2O2SSi. The van der Waals surface area contributed by atoms with Crippen LogP contribution in [0.5, 0.6) is 0 Å². The molecule has 1 saturated heterocycles. The van der Waals surface area contributed by atoms with Crippen LogP contribution in [0.2, 0.25) is 18.1 Å². The minimum Gasteiger partial charge on any atom is -0.316 e. The molecule has 0 aromatic heterocycles. The van der Waals surface area contributed by atoms with E-state index >= 15 is 0 Å². The maximum absolute atomic E-state index is 12.9. The Kier molecular flexibility index (Phi) is 5.64. The van der Waals surface area contributed by atoms with Crippen molar-refractivity contribution < 1.29 is 8.42 Å². The molecule has 1 fully saturated rings. The second kappa shape index (κ2) is 6.90. The van der Waals surface area contributed by atoms with Crippen LogP contribution in [-0.2, 0) is 10.0 Å². The molecule has 1 atom stereocenters. The summed E-state index contributed by atoms with van der Waals surface area (Å²) in [5.41, 5.74) is 2.08. The zero-order valence-corrected chi connectivity index (χ0v) is 17.7. The van der Waals surface area contributed by atoms with Crippen LogP contribution in [-0.4, -0.2) is 29.7 Å². The summed E-state index contributed by atoms with van der Waals surface area (Å²) in [5, 5.41) is 3.38. The lowest BCUT2D eigenvalue weighted by molar-refractivity contribution is 0.461. The third kappa shape index (κ3) is 4.28. The lowest BCUT2D eigenvalue weighted by Gasteiger charge is -2.36. The van der Waals surface area contributed by atoms with Gasteiger partial charge < -0.3 is 5.32 Å². The van der Waals surface area contributed by atoms with Gasteiger partial charge in [-0.15, -0.1) is 0 Å². The van der Waals surface area contributed by atoms with Gasteiger partial charge in [-0.3, -0.25) is 0 Å². The van der Waals surface area contributed by atoms with Crippen LogP contribution in [0.3, 0.4) is 0 Å². The molecule has 1 aromatic rings. The van der Waals surface area contributed by atoms with Crippen molar-refractivity contribution in [2.24, 2.45) is 0 Å². The Bertz CT molecular complexity index is 687. The maximum atomic E-state index is 12.9. The molecule has 1 unspecified atom stereocenters. The molecule has 6 heteroatoms. The first-order valence-corrected chi connectivity index (χ1v) is 13.3. The molecule has 4 nitrogen and oxygen atoms in total. The molecule has 1 aliphatic heterocycles. The van der Waals surface area contributed by atoms with Crippen molar-refractivity contribution in [3.8, 4) is 0 Å². The van der Waals surface area contributed by atoms with Crippen molar-refractivity contribution in [3.05, 3.63) is 29.3 Å². The molecule has 1 aromatic carbocycles. The fourth-order valence-electron chi connectivity index (χ4n) is 2.91. The highest BCUT2D eigenvalue weighted by molar-refractivity contribution is 7.91. The van der Waals surface area contributed by atoms with Crippen molar-refractivity contribution in [2.45, 2.75) is 69.5 Å². The molecule has 0 amide bonds. The molecule has 0 radical (unpaired) electrons. The summed E-state index contributed by atoms with van der Waals surface area (Å²) in [6.45, 7) is 14.4. The largest absolute Gasteiger partial charge is 0.316 e. The molecule has 136 valence electrons. The Balaban J connectivity index is 2.28. The fourth-order valence-corrected chi connectivity index (χ4v) is 7.99. The quantitative estimate of drug-likeness (QED) is 0.796. The first-order chi connectivity index (χ1) is 10.9. The van der Waals surface area contributed by atoms with Crippen LogP contribution in [0.1, 0.15) is 50.7 Å². The summed E-state index contributed by atoms with van der Waals surface area (Å²) in [6, 6.07) is 5.83. The van der Waals surface area contributed by atoms with E-state index in [1.165, 1.54) is 18.4 Å². The van der Waals surface area contributed by atoms with E-state index in [0.29, 0.717) is 10.8 Å². The van der Waals surface area contributed by atoms with Gasteiger partial charge in [0.2, 0.25) is 10.0 Å². The van der Waals surface area contributed by atoms with E-state index in [0.717, 1.165) is 18.7 Å². The molecule has 1 aliphatic rings. The number of sulfonamides is 1. The minimum atomic E-state index is -3.48. The molecule has 0 aliphatic carbocycles. The SMILES string of the molecule is Cc1cc(C2CCCNC2)ccc1S(=O)(=O)N[Si](C)(C)C(C)(C)C. The van der Waals surface area contributed by atoms with Gasteiger partial charge in [0.15, 0.2) is 0 Å². The summed E-state index contributed by atoms with van der Waals surface area (Å²) in [4.78, 5) is 0.417. The molecule has 0 spiro atoms. The predicted molar refractivity (Wildman–Crippen MR) is 104 cm³/mol. The lowest BCUT2D eigenvalue weighted by atomic mass is 9.91. The number of aryl methyl sites for hydroxylation is 1. The van der Waals surface area contributed by atoms with Crippen LogP contribution in [0.25, 0.3) is 0 Å². The average Bonchev–Trinajstić information content (AvgIpc) is 2.45. The Labute approximate surface area is 148 Å². The molecular weight excluding hydrogens is 336 g/mol. The van der Waals surface area contributed by atoms with Gasteiger partial charge in [-0.25, -0.2) is 12.8 Å². The average molecular weight is 369 g/mol. The van der Waals surface area contributed by atoms with E-state index in [9.17, 15) is 8.42 Å². The van der Waals surface area contributed by atoms with E-state index in [-0.39, 0.29) is 5.04 Å². The maximum Gasteiger partial charge on any atom is 0.234 e. The van der Waals surface area contributed by atoms with Crippen LogP contribution < -0.4 is 9.70 Å². The van der Waals surface area contributed by atoms with Gasteiger partial charge in [0, 0.05) is 6.54 Å². The van der Waals surface area contributed by atoms with E-state index in [4.69, 9.17) is 0 Å². The summed E-state index contributed by atoms with van der Waals surface area (Å²) < 4.78 is 28.9. The van der Waals surface area contributed by atoms with Gasteiger partial charge in [-0.1, -0.05) is 46.0 Å². The molecule has 24 heavy (non-hydrogen) atoms. The molecule has 2 N–H and O–H groups in total. The van der Waals surface area contributed by atoms with Crippen molar-refractivity contribution in [3.63, 3.8) is 0 Å². The van der Waals surface area contributed by atoms with Gasteiger partial charge in [-0.2, -0.15) is 0 Å². The van der Waals surface area contributed by atoms with Crippen LogP contribution in [0.15, 0.2) is 23.1 Å². The Hall–Kier alpha value is -0.693. The summed E-state index contributed by atoms with van der Waals surface area (Å²) >= 11 is 0. The second-order valence-corrected chi connectivity index (χ2v) is 15.6. The van der Waals surface area contributed by atoms with E-state index in [1.807, 2.05) is 13.0 Å². The summed E-state index contributed by atoms with van der Waals surface area (Å²) in [5.74, 6) is 0.488. The number of benzene rings is 1. The van der Waals surface area contributed by atoms with E-state index in [1.54, 1.807) is 6.07 Å². The van der Waals surface area contributed by atoms with Crippen molar-refractivity contribution in [2.75, 3.05) is 13.1 Å². The molecule has 0 saturated carbocycles. The van der Waals surface area contributed by atoms with Gasteiger partial charge in [0.25, 0.3) is 0 Å². The molecule has 1 heterocycles. The first kappa shape index (κ1) is 19.6. The van der Waals surface area contributed by atoms with Crippen LogP contribution in [0, 0.1) is 6.92 Å². The molecule has 2 rings (SSSR count). The topological polar surface area (TPSA) is 58.2 Å².